The Hall–Kier alpha value is -2.80. The highest BCUT2D eigenvalue weighted by Crippen LogP contribution is 2.16. The number of carbonyl (C=O) groups is 2. The maximum Gasteiger partial charge on any atom is 0.335 e. The Kier molecular flexibility index (Phi) is 5.16. The lowest BCUT2D eigenvalue weighted by Gasteiger charge is -2.06. The zero-order valence-electron chi connectivity index (χ0n) is 11.8. The maximum atomic E-state index is 12.0. The lowest BCUT2D eigenvalue weighted by atomic mass is 10.1. The Balaban J connectivity index is 2.23. The Labute approximate surface area is 127 Å². The zero-order chi connectivity index (χ0) is 15.9. The molecule has 0 aliphatic rings. The van der Waals surface area contributed by atoms with Crippen LogP contribution >= 0.6 is 0 Å². The molecule has 0 unspecified atom stereocenters. The molecule has 0 saturated heterocycles. The summed E-state index contributed by atoms with van der Waals surface area (Å²) in [6.07, 6.45) is 3.59. The normalized spacial score (nSPS) is 10.2. The van der Waals surface area contributed by atoms with Crippen LogP contribution in [0, 0.1) is 0 Å². The number of aromatic nitrogens is 2. The molecule has 0 radical (unpaired) electrons. The maximum absolute atomic E-state index is 12.0. The molecule has 2 aromatic rings. The highest BCUT2D eigenvalue weighted by molar-refractivity contribution is 5.95. The molecule has 7 nitrogen and oxygen atoms in total. The number of pyridine rings is 2. The smallest absolute Gasteiger partial charge is 0.335 e. The molecule has 0 bridgehead atoms. The van der Waals surface area contributed by atoms with Crippen LogP contribution in [-0.2, 0) is 0 Å². The third-order valence-electron chi connectivity index (χ3n) is 2.96. The van der Waals surface area contributed by atoms with E-state index in [1.807, 2.05) is 0 Å². The van der Waals surface area contributed by atoms with Crippen LogP contribution in [-0.4, -0.2) is 40.0 Å². The van der Waals surface area contributed by atoms with Crippen molar-refractivity contribution in [3.05, 3.63) is 47.8 Å². The number of nitrogens with zero attached hydrogens (tertiary/aromatic N) is 2. The number of rotatable bonds is 6. The molecule has 0 spiro atoms. The van der Waals surface area contributed by atoms with Gasteiger partial charge in [0.2, 0.25) is 0 Å². The van der Waals surface area contributed by atoms with E-state index in [0.29, 0.717) is 36.5 Å². The largest absolute Gasteiger partial charge is 0.478 e. The van der Waals surface area contributed by atoms with Crippen molar-refractivity contribution in [2.24, 2.45) is 5.73 Å². The second-order valence-electron chi connectivity index (χ2n) is 4.56. The predicted octanol–water partition coefficient (Wildman–Crippen LogP) is 0.920. The lowest BCUT2D eigenvalue weighted by Crippen LogP contribution is -2.26. The number of hydrogen-bond donors (Lipinski definition) is 3. The van der Waals surface area contributed by atoms with Crippen LogP contribution in [0.3, 0.4) is 0 Å². The molecule has 0 atom stereocenters. The molecule has 0 aliphatic carbocycles. The van der Waals surface area contributed by atoms with Crippen LogP contribution in [0.15, 0.2) is 36.7 Å². The average Bonchev–Trinajstić information content (AvgIpc) is 2.55. The van der Waals surface area contributed by atoms with E-state index in [1.165, 1.54) is 24.5 Å². The Morgan fingerprint density at radius 1 is 1.09 bits per heavy atom. The first kappa shape index (κ1) is 15.6. The standard InChI is InChI=1S/C15H16N4O3/c16-4-1-5-19-14(20)10-2-6-17-12(8-10)13-9-11(15(21)22)3-7-18-13/h2-3,6-9H,1,4-5,16H2,(H,19,20)(H,21,22). The van der Waals surface area contributed by atoms with Gasteiger partial charge in [0.1, 0.15) is 0 Å². The van der Waals surface area contributed by atoms with Gasteiger partial charge in [-0.05, 0) is 37.2 Å². The molecule has 0 aromatic carbocycles. The fraction of sp³-hybridized carbons (Fsp3) is 0.200. The summed E-state index contributed by atoms with van der Waals surface area (Å²) in [6.45, 7) is 1.01. The average molecular weight is 300 g/mol. The molecular weight excluding hydrogens is 284 g/mol. The minimum absolute atomic E-state index is 0.115. The van der Waals surface area contributed by atoms with E-state index in [-0.39, 0.29) is 11.5 Å². The van der Waals surface area contributed by atoms with E-state index in [1.54, 1.807) is 12.1 Å². The van der Waals surface area contributed by atoms with Crippen molar-refractivity contribution in [1.29, 1.82) is 0 Å². The van der Waals surface area contributed by atoms with E-state index < -0.39 is 5.97 Å². The van der Waals surface area contributed by atoms with Crippen molar-refractivity contribution in [2.45, 2.75) is 6.42 Å². The van der Waals surface area contributed by atoms with Gasteiger partial charge in [-0.3, -0.25) is 14.8 Å². The first-order valence-electron chi connectivity index (χ1n) is 6.76. The predicted molar refractivity (Wildman–Crippen MR) is 80.4 cm³/mol. The summed E-state index contributed by atoms with van der Waals surface area (Å²) in [6, 6.07) is 5.98. The van der Waals surface area contributed by atoms with E-state index in [4.69, 9.17) is 10.8 Å². The van der Waals surface area contributed by atoms with Gasteiger partial charge in [-0.1, -0.05) is 0 Å². The fourth-order valence-corrected chi connectivity index (χ4v) is 1.82. The number of hydrogen-bond acceptors (Lipinski definition) is 5. The van der Waals surface area contributed by atoms with Crippen LogP contribution in [0.2, 0.25) is 0 Å². The molecule has 2 rings (SSSR count). The first-order chi connectivity index (χ1) is 10.6. The van der Waals surface area contributed by atoms with Crippen molar-refractivity contribution in [1.82, 2.24) is 15.3 Å². The number of amides is 1. The SMILES string of the molecule is NCCCNC(=O)c1ccnc(-c2cc(C(=O)O)ccn2)c1. The number of carbonyl (C=O) groups excluding carboxylic acids is 1. The zero-order valence-corrected chi connectivity index (χ0v) is 11.8. The number of carboxylic acid groups (broad SMARTS) is 1. The minimum atomic E-state index is -1.04. The third kappa shape index (κ3) is 3.86. The summed E-state index contributed by atoms with van der Waals surface area (Å²) in [7, 11) is 0. The highest BCUT2D eigenvalue weighted by atomic mass is 16.4. The van der Waals surface area contributed by atoms with Crippen LogP contribution in [0.25, 0.3) is 11.4 Å². The fourth-order valence-electron chi connectivity index (χ4n) is 1.82. The van der Waals surface area contributed by atoms with Crippen LogP contribution < -0.4 is 11.1 Å². The summed E-state index contributed by atoms with van der Waals surface area (Å²) >= 11 is 0. The van der Waals surface area contributed by atoms with Crippen molar-refractivity contribution in [2.75, 3.05) is 13.1 Å². The molecule has 7 heteroatoms. The van der Waals surface area contributed by atoms with Gasteiger partial charge in [-0.25, -0.2) is 4.79 Å². The summed E-state index contributed by atoms with van der Waals surface area (Å²) in [5.41, 5.74) is 6.76. The van der Waals surface area contributed by atoms with E-state index in [9.17, 15) is 9.59 Å². The number of aromatic carboxylic acids is 1. The molecule has 1 amide bonds. The molecule has 22 heavy (non-hydrogen) atoms. The van der Waals surface area contributed by atoms with Crippen molar-refractivity contribution in [3.8, 4) is 11.4 Å². The minimum Gasteiger partial charge on any atom is -0.478 e. The summed E-state index contributed by atoms with van der Waals surface area (Å²) in [5.74, 6) is -1.27. The van der Waals surface area contributed by atoms with Gasteiger partial charge >= 0.3 is 5.97 Å². The lowest BCUT2D eigenvalue weighted by molar-refractivity contribution is 0.0696. The molecule has 4 N–H and O–H groups in total. The van der Waals surface area contributed by atoms with E-state index in [0.717, 1.165) is 0 Å². The van der Waals surface area contributed by atoms with Gasteiger partial charge in [-0.15, -0.1) is 0 Å². The molecule has 2 aromatic heterocycles. The summed E-state index contributed by atoms with van der Waals surface area (Å²) < 4.78 is 0. The molecular formula is C15H16N4O3. The second-order valence-corrected chi connectivity index (χ2v) is 4.56. The summed E-state index contributed by atoms with van der Waals surface area (Å²) in [4.78, 5) is 31.2. The highest BCUT2D eigenvalue weighted by Gasteiger charge is 2.10. The molecule has 114 valence electrons. The molecule has 0 fully saturated rings. The van der Waals surface area contributed by atoms with Gasteiger partial charge in [-0.2, -0.15) is 0 Å². The van der Waals surface area contributed by atoms with Gasteiger partial charge in [0.25, 0.3) is 5.91 Å². The molecule has 0 saturated carbocycles. The number of nitrogens with one attached hydrogen (secondary N) is 1. The van der Waals surface area contributed by atoms with E-state index in [2.05, 4.69) is 15.3 Å². The Morgan fingerprint density at radius 3 is 2.27 bits per heavy atom. The third-order valence-corrected chi connectivity index (χ3v) is 2.96. The van der Waals surface area contributed by atoms with Crippen molar-refractivity contribution < 1.29 is 14.7 Å². The first-order valence-corrected chi connectivity index (χ1v) is 6.76. The molecule has 2 heterocycles. The quantitative estimate of drug-likeness (QED) is 0.683. The van der Waals surface area contributed by atoms with Gasteiger partial charge in [0.15, 0.2) is 0 Å². The van der Waals surface area contributed by atoms with Crippen LogP contribution in [0.5, 0.6) is 0 Å². The number of nitrogens with two attached hydrogens (primary N) is 1. The molecule has 0 aliphatic heterocycles. The van der Waals surface area contributed by atoms with Crippen molar-refractivity contribution in [3.63, 3.8) is 0 Å². The Bertz CT molecular complexity index is 688. The monoisotopic (exact) mass is 300 g/mol. The van der Waals surface area contributed by atoms with Gasteiger partial charge in [0.05, 0.1) is 17.0 Å². The topological polar surface area (TPSA) is 118 Å². The second kappa shape index (κ2) is 7.28. The van der Waals surface area contributed by atoms with Crippen LogP contribution in [0.4, 0.5) is 0 Å². The van der Waals surface area contributed by atoms with Gasteiger partial charge in [0, 0.05) is 24.5 Å². The van der Waals surface area contributed by atoms with Crippen molar-refractivity contribution >= 4 is 11.9 Å². The number of carboxylic acids is 1. The van der Waals surface area contributed by atoms with Gasteiger partial charge < -0.3 is 16.2 Å². The van der Waals surface area contributed by atoms with E-state index >= 15 is 0 Å². The summed E-state index contributed by atoms with van der Waals surface area (Å²) in [5, 5.41) is 11.7. The van der Waals surface area contributed by atoms with Crippen LogP contribution in [0.1, 0.15) is 27.1 Å². The Morgan fingerprint density at radius 2 is 1.68 bits per heavy atom.